The zero-order valence-corrected chi connectivity index (χ0v) is 17.4. The first kappa shape index (κ1) is 18.2. The number of Topliss-reactive ketones (excluding diaryl/α,β-unsaturated/α-hetero) is 1. The summed E-state index contributed by atoms with van der Waals surface area (Å²) in [5.74, 6) is 0.404. The molecule has 0 saturated heterocycles. The van der Waals surface area contributed by atoms with Crippen LogP contribution in [0.25, 0.3) is 0 Å². The summed E-state index contributed by atoms with van der Waals surface area (Å²) < 4.78 is 1.01. The summed E-state index contributed by atoms with van der Waals surface area (Å²) >= 11 is 3.58. The van der Waals surface area contributed by atoms with Crippen LogP contribution in [0.15, 0.2) is 94.6 Å². The number of fused-ring (bicyclic) bond motifs is 1. The molecule has 2 N–H and O–H groups in total. The predicted molar refractivity (Wildman–Crippen MR) is 121 cm³/mol. The van der Waals surface area contributed by atoms with Gasteiger partial charge in [0.15, 0.2) is 5.78 Å². The second-order valence-corrected chi connectivity index (χ2v) is 8.55. The van der Waals surface area contributed by atoms with Crippen molar-refractivity contribution >= 4 is 33.1 Å². The molecule has 0 amide bonds. The maximum absolute atomic E-state index is 13.4. The summed E-state index contributed by atoms with van der Waals surface area (Å²) in [4.78, 5) is 13.4. The monoisotopic (exact) mass is 444 g/mol. The van der Waals surface area contributed by atoms with Gasteiger partial charge < -0.3 is 10.6 Å². The summed E-state index contributed by atoms with van der Waals surface area (Å²) in [5.41, 5.74) is 6.20. The number of hydrogen-bond donors (Lipinski definition) is 2. The molecule has 5 rings (SSSR count). The van der Waals surface area contributed by atoms with Gasteiger partial charge in [0, 0.05) is 22.2 Å². The largest absolute Gasteiger partial charge is 0.372 e. The molecule has 0 spiro atoms. The molecule has 0 aromatic heterocycles. The van der Waals surface area contributed by atoms with Crippen molar-refractivity contribution in [3.8, 4) is 0 Å². The summed E-state index contributed by atoms with van der Waals surface area (Å²) in [6.45, 7) is 0. The lowest BCUT2D eigenvalue weighted by molar-refractivity contribution is -0.116. The molecule has 2 atom stereocenters. The lowest BCUT2D eigenvalue weighted by Crippen LogP contribution is -2.26. The average molecular weight is 445 g/mol. The van der Waals surface area contributed by atoms with E-state index in [1.807, 2.05) is 42.5 Å². The normalized spacial score (nSPS) is 20.8. The third kappa shape index (κ3) is 3.49. The van der Waals surface area contributed by atoms with Crippen LogP contribution in [0.5, 0.6) is 0 Å². The van der Waals surface area contributed by atoms with Gasteiger partial charge >= 0.3 is 0 Å². The number of allylic oxidation sites excluding steroid dienone is 1. The van der Waals surface area contributed by atoms with Gasteiger partial charge in [-0.15, -0.1) is 0 Å². The van der Waals surface area contributed by atoms with Crippen LogP contribution < -0.4 is 10.6 Å². The van der Waals surface area contributed by atoms with Crippen LogP contribution in [0, 0.1) is 0 Å². The molecule has 1 heterocycles. The van der Waals surface area contributed by atoms with Crippen molar-refractivity contribution in [2.24, 2.45) is 0 Å². The van der Waals surface area contributed by atoms with Gasteiger partial charge in [0.2, 0.25) is 0 Å². The van der Waals surface area contributed by atoms with E-state index >= 15 is 0 Å². The van der Waals surface area contributed by atoms with Gasteiger partial charge in [0.25, 0.3) is 0 Å². The van der Waals surface area contributed by atoms with Crippen LogP contribution in [0.3, 0.4) is 0 Å². The molecule has 3 nitrogen and oxygen atoms in total. The molecule has 4 heteroatoms. The Kier molecular flexibility index (Phi) is 4.72. The Morgan fingerprint density at radius 1 is 0.793 bits per heavy atom. The highest BCUT2D eigenvalue weighted by Gasteiger charge is 2.35. The number of nitrogens with one attached hydrogen (secondary N) is 2. The summed E-state index contributed by atoms with van der Waals surface area (Å²) in [6.07, 6.45) is 1.36. The highest BCUT2D eigenvalue weighted by Crippen LogP contribution is 2.44. The number of benzene rings is 3. The zero-order valence-electron chi connectivity index (χ0n) is 15.9. The molecule has 3 aromatic carbocycles. The SMILES string of the molecule is O=C1C[C@@H](c2ccccc2)CC2=C1[C@@H](c1cccc(Br)c1)Nc1ccccc1N2. The first-order valence-corrected chi connectivity index (χ1v) is 10.7. The Hall–Kier alpha value is -2.85. The van der Waals surface area contributed by atoms with Crippen LogP contribution in [-0.2, 0) is 4.79 Å². The predicted octanol–water partition coefficient (Wildman–Crippen LogP) is 6.43. The van der Waals surface area contributed by atoms with E-state index in [0.717, 1.165) is 39.1 Å². The van der Waals surface area contributed by atoms with Gasteiger partial charge in [-0.1, -0.05) is 70.5 Å². The van der Waals surface area contributed by atoms with Crippen molar-refractivity contribution in [1.29, 1.82) is 0 Å². The van der Waals surface area contributed by atoms with E-state index in [1.165, 1.54) is 5.56 Å². The molecule has 3 aromatic rings. The Morgan fingerprint density at radius 2 is 1.52 bits per heavy atom. The molecule has 144 valence electrons. The van der Waals surface area contributed by atoms with Crippen LogP contribution in [0.4, 0.5) is 11.4 Å². The minimum Gasteiger partial charge on any atom is -0.372 e. The molecular weight excluding hydrogens is 424 g/mol. The molecule has 0 bridgehead atoms. The molecule has 0 saturated carbocycles. The van der Waals surface area contributed by atoms with Gasteiger partial charge in [0.1, 0.15) is 0 Å². The van der Waals surface area contributed by atoms with Crippen molar-refractivity contribution in [3.63, 3.8) is 0 Å². The first-order chi connectivity index (χ1) is 14.2. The fourth-order valence-electron chi connectivity index (χ4n) is 4.39. The van der Waals surface area contributed by atoms with Crippen LogP contribution >= 0.6 is 15.9 Å². The number of rotatable bonds is 2. The van der Waals surface area contributed by atoms with E-state index < -0.39 is 0 Å². The van der Waals surface area contributed by atoms with Crippen molar-refractivity contribution in [3.05, 3.63) is 106 Å². The molecule has 1 aliphatic carbocycles. The van der Waals surface area contributed by atoms with E-state index in [4.69, 9.17) is 0 Å². The highest BCUT2D eigenvalue weighted by atomic mass is 79.9. The summed E-state index contributed by atoms with van der Waals surface area (Å²) in [6, 6.07) is 26.5. The minimum absolute atomic E-state index is 0.178. The van der Waals surface area contributed by atoms with Crippen molar-refractivity contribution in [2.45, 2.75) is 24.8 Å². The molecule has 29 heavy (non-hydrogen) atoms. The van der Waals surface area contributed by atoms with E-state index in [1.54, 1.807) is 0 Å². The molecule has 1 aliphatic heterocycles. The maximum Gasteiger partial charge on any atom is 0.163 e. The topological polar surface area (TPSA) is 41.1 Å². The van der Waals surface area contributed by atoms with Gasteiger partial charge in [-0.05, 0) is 47.7 Å². The third-order valence-corrected chi connectivity index (χ3v) is 6.26. The number of para-hydroxylation sites is 2. The number of halogens is 1. The Balaban J connectivity index is 1.63. The number of hydrogen-bond acceptors (Lipinski definition) is 3. The molecule has 0 radical (unpaired) electrons. The lowest BCUT2D eigenvalue weighted by atomic mass is 9.78. The fourth-order valence-corrected chi connectivity index (χ4v) is 4.81. The second kappa shape index (κ2) is 7.53. The lowest BCUT2D eigenvalue weighted by Gasteiger charge is -2.30. The van der Waals surface area contributed by atoms with Gasteiger partial charge in [-0.25, -0.2) is 0 Å². The van der Waals surface area contributed by atoms with E-state index in [9.17, 15) is 4.79 Å². The number of carbonyl (C=O) groups is 1. The van der Waals surface area contributed by atoms with E-state index in [0.29, 0.717) is 6.42 Å². The van der Waals surface area contributed by atoms with Crippen molar-refractivity contribution in [1.82, 2.24) is 0 Å². The number of anilines is 2. The smallest absolute Gasteiger partial charge is 0.163 e. The summed E-state index contributed by atoms with van der Waals surface area (Å²) in [5, 5.41) is 7.22. The molecule has 0 fully saturated rings. The molecule has 0 unspecified atom stereocenters. The van der Waals surface area contributed by atoms with Gasteiger partial charge in [-0.2, -0.15) is 0 Å². The summed E-state index contributed by atoms with van der Waals surface area (Å²) in [7, 11) is 0. The Labute approximate surface area is 179 Å². The number of carbonyl (C=O) groups excluding carboxylic acids is 1. The average Bonchev–Trinajstić information content (AvgIpc) is 2.91. The second-order valence-electron chi connectivity index (χ2n) is 7.63. The third-order valence-electron chi connectivity index (χ3n) is 5.76. The Bertz CT molecular complexity index is 1110. The van der Waals surface area contributed by atoms with E-state index in [2.05, 4.69) is 63.0 Å². The molecular formula is C25H21BrN2O. The quantitative estimate of drug-likeness (QED) is 0.478. The fraction of sp³-hybridized carbons (Fsp3) is 0.160. The van der Waals surface area contributed by atoms with Crippen LogP contribution in [0.1, 0.15) is 35.9 Å². The van der Waals surface area contributed by atoms with Gasteiger partial charge in [0.05, 0.1) is 17.4 Å². The first-order valence-electron chi connectivity index (χ1n) is 9.88. The minimum atomic E-state index is -0.178. The van der Waals surface area contributed by atoms with Gasteiger partial charge in [-0.3, -0.25) is 4.79 Å². The van der Waals surface area contributed by atoms with E-state index in [-0.39, 0.29) is 17.7 Å². The maximum atomic E-state index is 13.4. The van der Waals surface area contributed by atoms with Crippen molar-refractivity contribution in [2.75, 3.05) is 10.6 Å². The number of ketones is 1. The standard InChI is InChI=1S/C25H21BrN2O/c26-19-10-6-9-17(13-19)25-24-22(27-20-11-4-5-12-21(20)28-25)14-18(15-23(24)29)16-7-2-1-3-8-16/h1-13,18,25,27-28H,14-15H2/t18-,25+/m0/s1. The van der Waals surface area contributed by atoms with Crippen molar-refractivity contribution < 1.29 is 4.79 Å². The Morgan fingerprint density at radius 3 is 2.31 bits per heavy atom. The molecule has 2 aliphatic rings. The highest BCUT2D eigenvalue weighted by molar-refractivity contribution is 9.10. The van der Waals surface area contributed by atoms with Crippen LogP contribution in [-0.4, -0.2) is 5.78 Å². The van der Waals surface area contributed by atoms with Crippen LogP contribution in [0.2, 0.25) is 0 Å². The zero-order chi connectivity index (χ0) is 19.8.